The van der Waals surface area contributed by atoms with E-state index in [2.05, 4.69) is 49.2 Å². The van der Waals surface area contributed by atoms with Crippen LogP contribution in [0.3, 0.4) is 0 Å². The molecular weight excluding hydrogens is 394 g/mol. The monoisotopic (exact) mass is 421 g/mol. The largest absolute Gasteiger partial charge is 0.370 e. The highest BCUT2D eigenvalue weighted by Crippen LogP contribution is 2.27. The highest BCUT2D eigenvalue weighted by molar-refractivity contribution is 8.00. The summed E-state index contributed by atoms with van der Waals surface area (Å²) in [4.78, 5) is 23.2. The third-order valence-electron chi connectivity index (χ3n) is 5.27. The molecular formula is C23H27N5OS. The fourth-order valence-corrected chi connectivity index (χ4v) is 4.44. The van der Waals surface area contributed by atoms with Gasteiger partial charge in [-0.1, -0.05) is 24.3 Å². The molecule has 1 aromatic heterocycles. The van der Waals surface area contributed by atoms with Gasteiger partial charge in [0.05, 0.1) is 5.69 Å². The van der Waals surface area contributed by atoms with E-state index in [0.29, 0.717) is 11.6 Å². The lowest BCUT2D eigenvalue weighted by Crippen LogP contribution is -2.27. The molecule has 0 aliphatic carbocycles. The molecule has 1 saturated heterocycles. The molecule has 0 bridgehead atoms. The lowest BCUT2D eigenvalue weighted by Gasteiger charge is -2.22. The van der Waals surface area contributed by atoms with Crippen LogP contribution in [0.1, 0.15) is 17.5 Å². The number of nitrogens with zero attached hydrogens (tertiary/aromatic N) is 2. The summed E-state index contributed by atoms with van der Waals surface area (Å²) >= 11 is 1.45. The summed E-state index contributed by atoms with van der Waals surface area (Å²) in [6, 6.07) is 16.1. The van der Waals surface area contributed by atoms with Crippen molar-refractivity contribution in [3.8, 4) is 11.3 Å². The van der Waals surface area contributed by atoms with Crippen LogP contribution in [0, 0.1) is 13.8 Å². The number of H-pyrrole nitrogens is 1. The molecule has 156 valence electrons. The van der Waals surface area contributed by atoms with Crippen LogP contribution < -0.4 is 20.5 Å². The van der Waals surface area contributed by atoms with E-state index in [1.54, 1.807) is 6.07 Å². The second-order valence-electron chi connectivity index (χ2n) is 7.54. The Hall–Kier alpha value is -2.77. The van der Waals surface area contributed by atoms with Gasteiger partial charge in [-0.15, -0.1) is 0 Å². The summed E-state index contributed by atoms with van der Waals surface area (Å²) in [7, 11) is 0. The van der Waals surface area contributed by atoms with E-state index in [1.807, 2.05) is 32.0 Å². The van der Waals surface area contributed by atoms with Crippen LogP contribution in [0.5, 0.6) is 0 Å². The van der Waals surface area contributed by atoms with Gasteiger partial charge in [-0.05, 0) is 68.1 Å². The number of aromatic amines is 1. The summed E-state index contributed by atoms with van der Waals surface area (Å²) in [5, 5.41) is 3.44. The summed E-state index contributed by atoms with van der Waals surface area (Å²) in [5.41, 5.74) is 4.95. The number of anilines is 2. The van der Waals surface area contributed by atoms with Gasteiger partial charge in [-0.3, -0.25) is 14.5 Å². The topological polar surface area (TPSA) is 73.1 Å². The van der Waals surface area contributed by atoms with Crippen LogP contribution in [-0.2, 0) is 0 Å². The van der Waals surface area contributed by atoms with Crippen molar-refractivity contribution in [3.63, 3.8) is 0 Å². The highest BCUT2D eigenvalue weighted by Gasteiger charge is 2.12. The van der Waals surface area contributed by atoms with Crippen LogP contribution >= 0.6 is 11.9 Å². The zero-order valence-corrected chi connectivity index (χ0v) is 18.2. The minimum absolute atomic E-state index is 0.170. The lowest BCUT2D eigenvalue weighted by atomic mass is 10.00. The van der Waals surface area contributed by atoms with Gasteiger partial charge in [0.15, 0.2) is 0 Å². The Kier molecular flexibility index (Phi) is 6.40. The fraction of sp³-hybridized carbons (Fsp3) is 0.304. The van der Waals surface area contributed by atoms with Crippen LogP contribution in [0.15, 0.2) is 58.2 Å². The second-order valence-corrected chi connectivity index (χ2v) is 8.42. The minimum atomic E-state index is -0.170. The molecule has 6 nitrogen and oxygen atoms in total. The Morgan fingerprint density at radius 2 is 1.83 bits per heavy atom. The predicted molar refractivity (Wildman–Crippen MR) is 125 cm³/mol. The Morgan fingerprint density at radius 3 is 2.67 bits per heavy atom. The van der Waals surface area contributed by atoms with E-state index in [1.165, 1.54) is 17.6 Å². The average Bonchev–Trinajstić information content (AvgIpc) is 3.02. The Bertz CT molecular complexity index is 1050. The number of aryl methyl sites for hydroxylation is 2. The Labute approximate surface area is 181 Å². The summed E-state index contributed by atoms with van der Waals surface area (Å²) in [6.07, 6.45) is 1.14. The third-order valence-corrected chi connectivity index (χ3v) is 6.05. The zero-order valence-electron chi connectivity index (χ0n) is 17.4. The first kappa shape index (κ1) is 20.5. The normalized spacial score (nSPS) is 14.4. The van der Waals surface area contributed by atoms with Crippen LogP contribution in [-0.4, -0.2) is 36.1 Å². The minimum Gasteiger partial charge on any atom is -0.370 e. The van der Waals surface area contributed by atoms with Gasteiger partial charge >= 0.3 is 0 Å². The van der Waals surface area contributed by atoms with Crippen molar-refractivity contribution >= 4 is 23.6 Å². The lowest BCUT2D eigenvalue weighted by molar-refractivity contribution is 0.724. The molecule has 0 amide bonds. The van der Waals surface area contributed by atoms with Gasteiger partial charge in [0.1, 0.15) is 0 Å². The molecule has 2 heterocycles. The molecule has 30 heavy (non-hydrogen) atoms. The number of rotatable bonds is 5. The molecule has 1 aliphatic rings. The number of nitrogens with one attached hydrogen (secondary N) is 3. The van der Waals surface area contributed by atoms with E-state index in [9.17, 15) is 4.79 Å². The van der Waals surface area contributed by atoms with Gasteiger partial charge in [-0.25, -0.2) is 4.98 Å². The van der Waals surface area contributed by atoms with Crippen molar-refractivity contribution in [3.05, 3.63) is 70.0 Å². The number of aromatic nitrogens is 2. The SMILES string of the molecule is Cc1cccc(C)c1-c1cc(=O)[nH]c(NSc2cccc(N3CCCNCC3)c2)n1. The van der Waals surface area contributed by atoms with E-state index < -0.39 is 0 Å². The van der Waals surface area contributed by atoms with E-state index in [0.717, 1.165) is 54.2 Å². The molecule has 0 spiro atoms. The number of hydrogen-bond donors (Lipinski definition) is 3. The smallest absolute Gasteiger partial charge is 0.252 e. The maximum absolute atomic E-state index is 12.3. The van der Waals surface area contributed by atoms with Gasteiger partial charge in [0.2, 0.25) is 5.95 Å². The van der Waals surface area contributed by atoms with Crippen molar-refractivity contribution < 1.29 is 0 Å². The molecule has 7 heteroatoms. The molecule has 2 aromatic carbocycles. The molecule has 0 saturated carbocycles. The maximum Gasteiger partial charge on any atom is 0.252 e. The van der Waals surface area contributed by atoms with Gasteiger partial charge in [0.25, 0.3) is 5.56 Å². The standard InChI is InChI=1S/C23H27N5OS/c1-16-6-3-7-17(2)22(16)20-15-21(29)26-23(25-20)27-30-19-9-4-8-18(14-19)28-12-5-10-24-11-13-28/h3-4,6-9,14-15,24H,5,10-13H2,1-2H3,(H2,25,26,27,29). The Balaban J connectivity index is 1.52. The third kappa shape index (κ3) is 4.86. The molecule has 1 aliphatic heterocycles. The summed E-state index contributed by atoms with van der Waals surface area (Å²) in [5.74, 6) is 0.453. The summed E-state index contributed by atoms with van der Waals surface area (Å²) < 4.78 is 3.21. The molecule has 3 aromatic rings. The van der Waals surface area contributed by atoms with Crippen molar-refractivity contribution in [2.75, 3.05) is 35.8 Å². The van der Waals surface area contributed by atoms with Crippen molar-refractivity contribution in [1.29, 1.82) is 0 Å². The highest BCUT2D eigenvalue weighted by atomic mass is 32.2. The molecule has 0 atom stereocenters. The second kappa shape index (κ2) is 9.36. The first-order chi connectivity index (χ1) is 14.6. The van der Waals surface area contributed by atoms with Crippen molar-refractivity contribution in [2.45, 2.75) is 25.2 Å². The van der Waals surface area contributed by atoms with Gasteiger partial charge in [0, 0.05) is 41.8 Å². The summed E-state index contributed by atoms with van der Waals surface area (Å²) in [6.45, 7) is 8.22. The van der Waals surface area contributed by atoms with E-state index in [4.69, 9.17) is 0 Å². The van der Waals surface area contributed by atoms with E-state index >= 15 is 0 Å². The Morgan fingerprint density at radius 1 is 1.03 bits per heavy atom. The maximum atomic E-state index is 12.3. The fourth-order valence-electron chi connectivity index (χ4n) is 3.81. The quantitative estimate of drug-likeness (QED) is 0.542. The predicted octanol–water partition coefficient (Wildman–Crippen LogP) is 3.97. The van der Waals surface area contributed by atoms with Crippen LogP contribution in [0.25, 0.3) is 11.3 Å². The van der Waals surface area contributed by atoms with Crippen LogP contribution in [0.4, 0.5) is 11.6 Å². The first-order valence-electron chi connectivity index (χ1n) is 10.3. The number of benzene rings is 2. The average molecular weight is 422 g/mol. The van der Waals surface area contributed by atoms with Crippen molar-refractivity contribution in [2.24, 2.45) is 0 Å². The van der Waals surface area contributed by atoms with E-state index in [-0.39, 0.29) is 5.56 Å². The first-order valence-corrected chi connectivity index (χ1v) is 11.1. The molecule has 0 unspecified atom stereocenters. The molecule has 1 fully saturated rings. The van der Waals surface area contributed by atoms with Crippen molar-refractivity contribution in [1.82, 2.24) is 15.3 Å². The molecule has 4 rings (SSSR count). The van der Waals surface area contributed by atoms with Gasteiger partial charge < -0.3 is 10.2 Å². The van der Waals surface area contributed by atoms with Crippen LogP contribution in [0.2, 0.25) is 0 Å². The molecule has 3 N–H and O–H groups in total. The molecule has 0 radical (unpaired) electrons. The number of hydrogen-bond acceptors (Lipinski definition) is 6. The zero-order chi connectivity index (χ0) is 20.9. The van der Waals surface area contributed by atoms with Gasteiger partial charge in [-0.2, -0.15) is 0 Å².